The van der Waals surface area contributed by atoms with Crippen LogP contribution in [-0.4, -0.2) is 23.0 Å². The number of hydrogen-bond acceptors (Lipinski definition) is 3. The van der Waals surface area contributed by atoms with Gasteiger partial charge in [0.25, 0.3) is 5.91 Å². The van der Waals surface area contributed by atoms with E-state index in [1.807, 2.05) is 6.92 Å². The van der Waals surface area contributed by atoms with Gasteiger partial charge in [-0.15, -0.1) is 0 Å². The minimum absolute atomic E-state index is 0.121. The second kappa shape index (κ2) is 5.75. The Morgan fingerprint density at radius 3 is 2.74 bits per heavy atom. The monoisotopic (exact) mass is 342 g/mol. The van der Waals surface area contributed by atoms with Crippen LogP contribution in [0.3, 0.4) is 0 Å². The summed E-state index contributed by atoms with van der Waals surface area (Å²) < 4.78 is 5.74. The first-order chi connectivity index (χ1) is 8.95. The van der Waals surface area contributed by atoms with E-state index >= 15 is 0 Å². The Kier molecular flexibility index (Phi) is 4.27. The lowest BCUT2D eigenvalue weighted by Crippen LogP contribution is -2.26. The second-order valence-electron chi connectivity index (χ2n) is 4.25. The Morgan fingerprint density at radius 2 is 2.16 bits per heavy atom. The number of carbonyl (C=O) groups excluding carboxylic acids is 1. The third-order valence-electron chi connectivity index (χ3n) is 2.53. The fourth-order valence-electron chi connectivity index (χ4n) is 1.70. The number of benzene rings is 1. The fraction of sp³-hybridized carbons (Fsp3) is 0.231. The van der Waals surface area contributed by atoms with Gasteiger partial charge < -0.3 is 9.42 Å². The summed E-state index contributed by atoms with van der Waals surface area (Å²) in [5, 5.41) is 4.38. The first-order valence-electron chi connectivity index (χ1n) is 5.59. The number of hydrogen-bond donors (Lipinski definition) is 0. The van der Waals surface area contributed by atoms with E-state index in [0.29, 0.717) is 17.1 Å². The summed E-state index contributed by atoms with van der Waals surface area (Å²) in [6.07, 6.45) is 0. The molecule has 2 rings (SSSR count). The zero-order valence-corrected chi connectivity index (χ0v) is 12.8. The molecule has 0 N–H and O–H groups in total. The molecule has 6 heteroatoms. The average molecular weight is 344 g/mol. The van der Waals surface area contributed by atoms with Gasteiger partial charge in [0.05, 0.1) is 6.54 Å². The fourth-order valence-corrected chi connectivity index (χ4v) is 2.57. The molecule has 0 unspecified atom stereocenters. The molecule has 4 nitrogen and oxygen atoms in total. The maximum absolute atomic E-state index is 12.2. The van der Waals surface area contributed by atoms with Gasteiger partial charge in [0.1, 0.15) is 11.5 Å². The lowest BCUT2D eigenvalue weighted by molar-refractivity contribution is 0.0782. The van der Waals surface area contributed by atoms with Crippen LogP contribution in [0.15, 0.2) is 33.3 Å². The van der Waals surface area contributed by atoms with E-state index in [2.05, 4.69) is 21.1 Å². The molecule has 0 fully saturated rings. The van der Waals surface area contributed by atoms with Gasteiger partial charge in [0, 0.05) is 28.2 Å². The van der Waals surface area contributed by atoms with Crippen molar-refractivity contribution < 1.29 is 9.32 Å². The number of halogens is 2. The van der Waals surface area contributed by atoms with Crippen LogP contribution in [-0.2, 0) is 6.54 Å². The molecule has 0 bridgehead atoms. The van der Waals surface area contributed by atoms with Crippen LogP contribution in [0.5, 0.6) is 0 Å². The SMILES string of the molecule is Cc1cc(CN(C)C(=O)c2cc(Cl)cc(Br)c2)no1. The third kappa shape index (κ3) is 3.58. The zero-order chi connectivity index (χ0) is 14.0. The van der Waals surface area contributed by atoms with Crippen molar-refractivity contribution in [2.24, 2.45) is 0 Å². The van der Waals surface area contributed by atoms with Crippen molar-refractivity contribution in [2.75, 3.05) is 7.05 Å². The average Bonchev–Trinajstić information content (AvgIpc) is 2.72. The maximum Gasteiger partial charge on any atom is 0.254 e. The predicted octanol–water partition coefficient (Wildman–Crippen LogP) is 3.67. The van der Waals surface area contributed by atoms with E-state index in [-0.39, 0.29) is 5.91 Å². The van der Waals surface area contributed by atoms with Crippen LogP contribution in [0.4, 0.5) is 0 Å². The quantitative estimate of drug-likeness (QED) is 0.854. The largest absolute Gasteiger partial charge is 0.361 e. The summed E-state index contributed by atoms with van der Waals surface area (Å²) in [4.78, 5) is 13.8. The molecule has 2 aromatic rings. The van der Waals surface area contributed by atoms with Crippen molar-refractivity contribution >= 4 is 33.4 Å². The van der Waals surface area contributed by atoms with E-state index in [4.69, 9.17) is 16.1 Å². The van der Waals surface area contributed by atoms with Crippen molar-refractivity contribution in [3.8, 4) is 0 Å². The standard InChI is InChI=1S/C13H12BrClN2O2/c1-8-3-12(16-19-8)7-17(2)13(18)9-4-10(14)6-11(15)5-9/h3-6H,7H2,1-2H3. The van der Waals surface area contributed by atoms with Crippen LogP contribution in [0.25, 0.3) is 0 Å². The van der Waals surface area contributed by atoms with Crippen molar-refractivity contribution in [3.05, 3.63) is 50.8 Å². The number of carbonyl (C=O) groups is 1. The summed E-state index contributed by atoms with van der Waals surface area (Å²) in [7, 11) is 1.71. The molecule has 0 saturated heterocycles. The summed E-state index contributed by atoms with van der Waals surface area (Å²) in [5.74, 6) is 0.602. The van der Waals surface area contributed by atoms with Crippen LogP contribution in [0, 0.1) is 6.92 Å². The molecule has 1 aromatic heterocycles. The Morgan fingerprint density at radius 1 is 1.42 bits per heavy atom. The van der Waals surface area contributed by atoms with Crippen LogP contribution in [0.1, 0.15) is 21.8 Å². The van der Waals surface area contributed by atoms with Gasteiger partial charge in [-0.25, -0.2) is 0 Å². The molecule has 0 atom stereocenters. The van der Waals surface area contributed by atoms with E-state index in [0.717, 1.165) is 15.9 Å². The van der Waals surface area contributed by atoms with E-state index in [1.54, 1.807) is 36.2 Å². The van der Waals surface area contributed by atoms with Crippen molar-refractivity contribution in [2.45, 2.75) is 13.5 Å². The van der Waals surface area contributed by atoms with Gasteiger partial charge in [-0.2, -0.15) is 0 Å². The lowest BCUT2D eigenvalue weighted by Gasteiger charge is -2.15. The first kappa shape index (κ1) is 14.1. The van der Waals surface area contributed by atoms with E-state index in [1.165, 1.54) is 0 Å². The second-order valence-corrected chi connectivity index (χ2v) is 5.60. The molecular weight excluding hydrogens is 332 g/mol. The number of amides is 1. The molecule has 1 amide bonds. The van der Waals surface area contributed by atoms with Crippen molar-refractivity contribution in [3.63, 3.8) is 0 Å². The van der Waals surface area contributed by atoms with Gasteiger partial charge in [-0.05, 0) is 25.1 Å². The lowest BCUT2D eigenvalue weighted by atomic mass is 10.2. The minimum Gasteiger partial charge on any atom is -0.361 e. The maximum atomic E-state index is 12.2. The number of rotatable bonds is 3. The molecule has 0 aliphatic carbocycles. The normalized spacial score (nSPS) is 10.5. The summed E-state index contributed by atoms with van der Waals surface area (Å²) in [6.45, 7) is 2.20. The predicted molar refractivity (Wildman–Crippen MR) is 76.2 cm³/mol. The molecule has 0 aliphatic rings. The molecular formula is C13H12BrClN2O2. The molecule has 1 heterocycles. The summed E-state index contributed by atoms with van der Waals surface area (Å²) in [5.41, 5.74) is 1.25. The number of nitrogens with zero attached hydrogens (tertiary/aromatic N) is 2. The van der Waals surface area contributed by atoms with Crippen molar-refractivity contribution in [1.29, 1.82) is 0 Å². The Balaban J connectivity index is 2.14. The zero-order valence-electron chi connectivity index (χ0n) is 10.5. The topological polar surface area (TPSA) is 46.3 Å². The Hall–Kier alpha value is -1.33. The van der Waals surface area contributed by atoms with E-state index in [9.17, 15) is 4.79 Å². The molecule has 0 saturated carbocycles. The highest BCUT2D eigenvalue weighted by atomic mass is 79.9. The van der Waals surface area contributed by atoms with Crippen LogP contribution < -0.4 is 0 Å². The highest BCUT2D eigenvalue weighted by molar-refractivity contribution is 9.10. The number of aromatic nitrogens is 1. The molecule has 0 aliphatic heterocycles. The van der Waals surface area contributed by atoms with Crippen LogP contribution >= 0.6 is 27.5 Å². The molecule has 19 heavy (non-hydrogen) atoms. The summed E-state index contributed by atoms with van der Waals surface area (Å²) >= 11 is 9.25. The molecule has 1 aromatic carbocycles. The first-order valence-corrected chi connectivity index (χ1v) is 6.76. The van der Waals surface area contributed by atoms with Gasteiger partial charge >= 0.3 is 0 Å². The molecule has 0 spiro atoms. The van der Waals surface area contributed by atoms with Gasteiger partial charge in [-0.1, -0.05) is 32.7 Å². The summed E-state index contributed by atoms with van der Waals surface area (Å²) in [6, 6.07) is 6.91. The Labute approximate surface area is 124 Å². The highest BCUT2D eigenvalue weighted by Gasteiger charge is 2.14. The number of aryl methyl sites for hydroxylation is 1. The third-order valence-corrected chi connectivity index (χ3v) is 3.21. The van der Waals surface area contributed by atoms with Crippen molar-refractivity contribution in [1.82, 2.24) is 10.1 Å². The van der Waals surface area contributed by atoms with Gasteiger partial charge in [0.2, 0.25) is 0 Å². The van der Waals surface area contributed by atoms with Crippen LogP contribution in [0.2, 0.25) is 5.02 Å². The smallest absolute Gasteiger partial charge is 0.254 e. The van der Waals surface area contributed by atoms with Gasteiger partial charge in [0.15, 0.2) is 0 Å². The van der Waals surface area contributed by atoms with Gasteiger partial charge in [-0.3, -0.25) is 4.79 Å². The highest BCUT2D eigenvalue weighted by Crippen LogP contribution is 2.20. The minimum atomic E-state index is -0.121. The Bertz CT molecular complexity index is 592. The molecule has 100 valence electrons. The molecule has 0 radical (unpaired) electrons. The van der Waals surface area contributed by atoms with E-state index < -0.39 is 0 Å².